The van der Waals surface area contributed by atoms with Crippen LogP contribution in [-0.4, -0.2) is 34.3 Å². The summed E-state index contributed by atoms with van der Waals surface area (Å²) in [6, 6.07) is 8.92. The second-order valence-electron chi connectivity index (χ2n) is 7.49. The minimum absolute atomic E-state index is 0.107. The topological polar surface area (TPSA) is 119 Å². The number of nitrogens with one attached hydrogen (secondary N) is 1. The molecule has 4 rings (SSSR count). The zero-order valence-corrected chi connectivity index (χ0v) is 18.4. The van der Waals surface area contributed by atoms with Crippen LogP contribution in [0.4, 0.5) is 14.9 Å². The predicted octanol–water partition coefficient (Wildman–Crippen LogP) is 4.09. The molecule has 3 amide bonds. The van der Waals surface area contributed by atoms with Crippen LogP contribution in [0.15, 0.2) is 42.5 Å². The van der Waals surface area contributed by atoms with E-state index in [0.29, 0.717) is 10.3 Å². The molecule has 33 heavy (non-hydrogen) atoms. The summed E-state index contributed by atoms with van der Waals surface area (Å²) < 4.78 is 20.3. The number of nitro groups is 1. The van der Waals surface area contributed by atoms with Gasteiger partial charge in [-0.3, -0.25) is 19.8 Å². The lowest BCUT2D eigenvalue weighted by molar-refractivity contribution is -0.384. The molecule has 1 saturated heterocycles. The number of nitrogens with zero attached hydrogens (tertiary/aromatic N) is 2. The van der Waals surface area contributed by atoms with Crippen molar-refractivity contribution >= 4 is 45.0 Å². The molecule has 0 bridgehead atoms. The van der Waals surface area contributed by atoms with Crippen LogP contribution in [0.1, 0.15) is 34.6 Å². The fourth-order valence-electron chi connectivity index (χ4n) is 3.79. The Balaban J connectivity index is 1.73. The Morgan fingerprint density at radius 3 is 2.58 bits per heavy atom. The summed E-state index contributed by atoms with van der Waals surface area (Å²) >= 11 is 1.02. The van der Waals surface area contributed by atoms with Gasteiger partial charge in [-0.05, 0) is 43.7 Å². The lowest BCUT2D eigenvalue weighted by Gasteiger charge is -2.22. The molecule has 2 heterocycles. The first kappa shape index (κ1) is 22.3. The normalized spacial score (nSPS) is 18.0. The predicted molar refractivity (Wildman–Crippen MR) is 117 cm³/mol. The average Bonchev–Trinajstić information content (AvgIpc) is 3.26. The number of urea groups is 1. The van der Waals surface area contributed by atoms with E-state index in [-0.39, 0.29) is 34.7 Å². The van der Waals surface area contributed by atoms with Crippen molar-refractivity contribution in [3.05, 3.63) is 74.4 Å². The van der Waals surface area contributed by atoms with Gasteiger partial charge < -0.3 is 10.1 Å². The van der Waals surface area contributed by atoms with Crippen LogP contribution in [-0.2, 0) is 21.6 Å². The van der Waals surface area contributed by atoms with Crippen molar-refractivity contribution in [1.29, 1.82) is 0 Å². The summed E-state index contributed by atoms with van der Waals surface area (Å²) in [6.45, 7) is 2.88. The third kappa shape index (κ3) is 3.69. The van der Waals surface area contributed by atoms with E-state index < -0.39 is 34.2 Å². The Labute approximate surface area is 190 Å². The highest BCUT2D eigenvalue weighted by molar-refractivity contribution is 7.21. The number of fused-ring (bicyclic) bond motifs is 1. The maximum absolute atomic E-state index is 14.7. The fraction of sp³-hybridized carbons (Fsp3) is 0.227. The van der Waals surface area contributed by atoms with E-state index >= 15 is 0 Å². The number of carbonyl (C=O) groups is 3. The Bertz CT molecular complexity index is 1310. The monoisotopic (exact) mass is 471 g/mol. The summed E-state index contributed by atoms with van der Waals surface area (Å²) in [5, 5.41) is 13.7. The number of esters is 1. The molecular formula is C22H18FN3O6S. The van der Waals surface area contributed by atoms with E-state index in [0.717, 1.165) is 16.2 Å². The number of hydrogen-bond donors (Lipinski definition) is 1. The molecule has 1 aliphatic heterocycles. The first-order chi connectivity index (χ1) is 15.7. The Morgan fingerprint density at radius 1 is 1.24 bits per heavy atom. The van der Waals surface area contributed by atoms with Gasteiger partial charge in [0.2, 0.25) is 0 Å². The number of ether oxygens (including phenoxy) is 1. The molecule has 1 aromatic heterocycles. The molecule has 170 valence electrons. The molecule has 3 aromatic rings. The molecule has 0 aliphatic carbocycles. The second-order valence-corrected chi connectivity index (χ2v) is 8.55. The summed E-state index contributed by atoms with van der Waals surface area (Å²) in [5.74, 6) is -1.88. The maximum atomic E-state index is 14.7. The Morgan fingerprint density at radius 2 is 1.94 bits per heavy atom. The standard InChI is InChI=1S/C22H18FN3O6S/c1-3-32-19(27)18-14(17-15(23)5-4-6-16(17)33-18)11-25-20(28)22(2,24-21(25)29)12-7-9-13(10-8-12)26(30)31/h4-10H,3,11H2,1-2H3,(H,24,29). The third-order valence-corrected chi connectivity index (χ3v) is 6.65. The molecule has 11 heteroatoms. The van der Waals surface area contributed by atoms with Crippen molar-refractivity contribution in [3.8, 4) is 0 Å². The average molecular weight is 471 g/mol. The first-order valence-electron chi connectivity index (χ1n) is 9.93. The Hall–Kier alpha value is -3.86. The van der Waals surface area contributed by atoms with Gasteiger partial charge in [0.05, 0.1) is 18.1 Å². The molecule has 1 unspecified atom stereocenters. The van der Waals surface area contributed by atoms with E-state index in [1.165, 1.54) is 43.3 Å². The molecule has 1 atom stereocenters. The van der Waals surface area contributed by atoms with E-state index in [1.54, 1.807) is 13.0 Å². The van der Waals surface area contributed by atoms with Crippen LogP contribution in [0.25, 0.3) is 10.1 Å². The van der Waals surface area contributed by atoms with Crippen molar-refractivity contribution in [2.24, 2.45) is 0 Å². The first-order valence-corrected chi connectivity index (χ1v) is 10.7. The molecule has 0 saturated carbocycles. The number of rotatable bonds is 6. The molecule has 1 fully saturated rings. The highest BCUT2D eigenvalue weighted by Gasteiger charge is 2.49. The second kappa shape index (κ2) is 8.24. The number of benzene rings is 2. The molecule has 0 spiro atoms. The molecule has 2 aromatic carbocycles. The van der Waals surface area contributed by atoms with Gasteiger partial charge in [-0.25, -0.2) is 14.0 Å². The Kier molecular flexibility index (Phi) is 5.58. The van der Waals surface area contributed by atoms with Crippen molar-refractivity contribution in [3.63, 3.8) is 0 Å². The number of halogens is 1. The van der Waals surface area contributed by atoms with Gasteiger partial charge in [0.15, 0.2) is 0 Å². The quantitative estimate of drug-likeness (QED) is 0.250. The fourth-order valence-corrected chi connectivity index (χ4v) is 4.91. The largest absolute Gasteiger partial charge is 0.462 e. The van der Waals surface area contributed by atoms with Crippen LogP contribution >= 0.6 is 11.3 Å². The van der Waals surface area contributed by atoms with Gasteiger partial charge in [0, 0.05) is 27.8 Å². The van der Waals surface area contributed by atoms with Crippen LogP contribution in [0.2, 0.25) is 0 Å². The smallest absolute Gasteiger partial charge is 0.348 e. The number of hydrogen-bond acceptors (Lipinski definition) is 7. The molecule has 1 N–H and O–H groups in total. The minimum Gasteiger partial charge on any atom is -0.462 e. The van der Waals surface area contributed by atoms with Crippen molar-refractivity contribution in [2.45, 2.75) is 25.9 Å². The van der Waals surface area contributed by atoms with Gasteiger partial charge >= 0.3 is 12.0 Å². The highest BCUT2D eigenvalue weighted by Crippen LogP contribution is 2.37. The van der Waals surface area contributed by atoms with E-state index in [4.69, 9.17) is 4.74 Å². The molecule has 0 radical (unpaired) electrons. The van der Waals surface area contributed by atoms with E-state index in [1.807, 2.05) is 0 Å². The van der Waals surface area contributed by atoms with Crippen LogP contribution in [0, 0.1) is 15.9 Å². The van der Waals surface area contributed by atoms with Crippen molar-refractivity contribution < 1.29 is 28.4 Å². The van der Waals surface area contributed by atoms with Gasteiger partial charge in [-0.15, -0.1) is 11.3 Å². The van der Waals surface area contributed by atoms with Crippen molar-refractivity contribution in [2.75, 3.05) is 6.61 Å². The van der Waals surface area contributed by atoms with Gasteiger partial charge in [-0.1, -0.05) is 6.07 Å². The summed E-state index contributed by atoms with van der Waals surface area (Å²) in [4.78, 5) is 50.0. The number of nitro benzene ring substituents is 1. The molecular weight excluding hydrogens is 453 g/mol. The van der Waals surface area contributed by atoms with Crippen molar-refractivity contribution in [1.82, 2.24) is 10.2 Å². The molecule has 9 nitrogen and oxygen atoms in total. The van der Waals surface area contributed by atoms with Gasteiger partial charge in [0.1, 0.15) is 16.2 Å². The number of thiophene rings is 1. The van der Waals surface area contributed by atoms with E-state index in [9.17, 15) is 28.9 Å². The number of non-ortho nitro benzene ring substituents is 1. The lowest BCUT2D eigenvalue weighted by Crippen LogP contribution is -2.40. The summed E-state index contributed by atoms with van der Waals surface area (Å²) in [5.41, 5.74) is -1.11. The van der Waals surface area contributed by atoms with E-state index in [2.05, 4.69) is 5.32 Å². The van der Waals surface area contributed by atoms with Crippen LogP contribution in [0.5, 0.6) is 0 Å². The maximum Gasteiger partial charge on any atom is 0.348 e. The van der Waals surface area contributed by atoms with Crippen LogP contribution < -0.4 is 5.32 Å². The number of imide groups is 1. The van der Waals surface area contributed by atoms with Gasteiger partial charge in [0.25, 0.3) is 11.6 Å². The minimum atomic E-state index is -1.49. The number of amides is 3. The summed E-state index contributed by atoms with van der Waals surface area (Å²) in [6.07, 6.45) is 0. The highest BCUT2D eigenvalue weighted by atomic mass is 32.1. The third-order valence-electron chi connectivity index (χ3n) is 5.47. The number of carbonyl (C=O) groups excluding carboxylic acids is 3. The SMILES string of the molecule is CCOC(=O)c1sc2cccc(F)c2c1CN1C(=O)NC(C)(c2ccc([N+](=O)[O-])cc2)C1=O. The summed E-state index contributed by atoms with van der Waals surface area (Å²) in [7, 11) is 0. The zero-order valence-electron chi connectivity index (χ0n) is 17.6. The molecule has 1 aliphatic rings. The lowest BCUT2D eigenvalue weighted by atomic mass is 9.92. The zero-order chi connectivity index (χ0) is 23.9. The van der Waals surface area contributed by atoms with Crippen LogP contribution in [0.3, 0.4) is 0 Å². The van der Waals surface area contributed by atoms with Gasteiger partial charge in [-0.2, -0.15) is 0 Å².